The molecule has 0 radical (unpaired) electrons. The van der Waals surface area contributed by atoms with Crippen molar-refractivity contribution in [2.45, 2.75) is 25.3 Å². The van der Waals surface area contributed by atoms with E-state index in [0.29, 0.717) is 0 Å². The van der Waals surface area contributed by atoms with Gasteiger partial charge in [0, 0.05) is 12.0 Å². The lowest BCUT2D eigenvalue weighted by Crippen LogP contribution is -2.29. The Morgan fingerprint density at radius 3 is 3.24 bits per heavy atom. The molecule has 0 saturated carbocycles. The number of rotatable bonds is 2. The van der Waals surface area contributed by atoms with Crippen LogP contribution in [0.2, 0.25) is 0 Å². The molecule has 1 aliphatic carbocycles. The summed E-state index contributed by atoms with van der Waals surface area (Å²) in [5.41, 5.74) is 1.14. The maximum absolute atomic E-state index is 12.0. The summed E-state index contributed by atoms with van der Waals surface area (Å²) >= 11 is 1.47. The number of hydrogen-bond acceptors (Lipinski definition) is 3. The SMILES string of the molecule is O=C(N[C@H]1CCCc2occc21)c1cccs1. The Morgan fingerprint density at radius 1 is 1.47 bits per heavy atom. The first-order chi connectivity index (χ1) is 8.34. The van der Waals surface area contributed by atoms with Crippen LogP contribution in [0.25, 0.3) is 0 Å². The standard InChI is InChI=1S/C13H13NO2S/c15-13(12-5-2-8-17-12)14-10-3-1-4-11-9(10)6-7-16-11/h2,5-8,10H,1,3-4H2,(H,14,15)/t10-/m0/s1. The molecule has 0 aliphatic heterocycles. The molecule has 1 aliphatic rings. The van der Waals surface area contributed by atoms with Gasteiger partial charge in [0.15, 0.2) is 0 Å². The highest BCUT2D eigenvalue weighted by molar-refractivity contribution is 7.12. The van der Waals surface area contributed by atoms with Crippen LogP contribution in [0.3, 0.4) is 0 Å². The Labute approximate surface area is 103 Å². The van der Waals surface area contributed by atoms with Crippen LogP contribution >= 0.6 is 11.3 Å². The minimum atomic E-state index is 0.0130. The second-order valence-corrected chi connectivity index (χ2v) is 5.14. The van der Waals surface area contributed by atoms with Crippen molar-refractivity contribution in [1.29, 1.82) is 0 Å². The monoisotopic (exact) mass is 247 g/mol. The number of hydrogen-bond donors (Lipinski definition) is 1. The molecule has 0 spiro atoms. The number of thiophene rings is 1. The second-order valence-electron chi connectivity index (χ2n) is 4.19. The van der Waals surface area contributed by atoms with Gasteiger partial charge in [0.05, 0.1) is 17.2 Å². The zero-order valence-corrected chi connectivity index (χ0v) is 10.1. The van der Waals surface area contributed by atoms with E-state index >= 15 is 0 Å². The fraction of sp³-hybridized carbons (Fsp3) is 0.308. The van der Waals surface area contributed by atoms with E-state index in [9.17, 15) is 4.79 Å². The Kier molecular flexibility index (Phi) is 2.73. The smallest absolute Gasteiger partial charge is 0.261 e. The highest BCUT2D eigenvalue weighted by Crippen LogP contribution is 2.30. The highest BCUT2D eigenvalue weighted by atomic mass is 32.1. The van der Waals surface area contributed by atoms with Crippen LogP contribution in [-0.4, -0.2) is 5.91 Å². The molecular weight excluding hydrogens is 234 g/mol. The predicted molar refractivity (Wildman–Crippen MR) is 66.2 cm³/mol. The van der Waals surface area contributed by atoms with Crippen molar-refractivity contribution in [3.63, 3.8) is 0 Å². The van der Waals surface area contributed by atoms with Gasteiger partial charge < -0.3 is 9.73 Å². The number of carbonyl (C=O) groups excluding carboxylic acids is 1. The molecule has 0 saturated heterocycles. The fourth-order valence-corrected chi connectivity index (χ4v) is 2.90. The molecule has 3 rings (SSSR count). The molecule has 17 heavy (non-hydrogen) atoms. The van der Waals surface area contributed by atoms with Crippen molar-refractivity contribution in [1.82, 2.24) is 5.32 Å². The van der Waals surface area contributed by atoms with Crippen LogP contribution in [0.1, 0.15) is 39.9 Å². The van der Waals surface area contributed by atoms with Crippen LogP contribution in [0, 0.1) is 0 Å². The highest BCUT2D eigenvalue weighted by Gasteiger charge is 2.24. The summed E-state index contributed by atoms with van der Waals surface area (Å²) in [6.07, 6.45) is 4.74. The summed E-state index contributed by atoms with van der Waals surface area (Å²) in [4.78, 5) is 12.7. The Morgan fingerprint density at radius 2 is 2.41 bits per heavy atom. The van der Waals surface area contributed by atoms with Gasteiger partial charge in [-0.2, -0.15) is 0 Å². The summed E-state index contributed by atoms with van der Waals surface area (Å²) < 4.78 is 5.41. The maximum atomic E-state index is 12.0. The third-order valence-electron chi connectivity index (χ3n) is 3.10. The van der Waals surface area contributed by atoms with Gasteiger partial charge in [-0.15, -0.1) is 11.3 Å². The number of aryl methyl sites for hydroxylation is 1. The number of fused-ring (bicyclic) bond motifs is 1. The minimum Gasteiger partial charge on any atom is -0.469 e. The van der Waals surface area contributed by atoms with Gasteiger partial charge in [-0.3, -0.25) is 4.79 Å². The van der Waals surface area contributed by atoms with Gasteiger partial charge in [-0.25, -0.2) is 0 Å². The predicted octanol–water partition coefficient (Wildman–Crippen LogP) is 3.15. The molecule has 88 valence electrons. The average Bonchev–Trinajstić information content (AvgIpc) is 3.00. The van der Waals surface area contributed by atoms with Crippen molar-refractivity contribution in [3.05, 3.63) is 46.0 Å². The summed E-state index contributed by atoms with van der Waals surface area (Å²) in [6, 6.07) is 5.81. The molecule has 0 bridgehead atoms. The molecule has 2 aromatic heterocycles. The largest absolute Gasteiger partial charge is 0.469 e. The Hall–Kier alpha value is -1.55. The lowest BCUT2D eigenvalue weighted by molar-refractivity contribution is 0.0936. The molecular formula is C13H13NO2S. The molecule has 1 atom stereocenters. The quantitative estimate of drug-likeness (QED) is 0.885. The Bertz CT molecular complexity index is 515. The van der Waals surface area contributed by atoms with Crippen molar-refractivity contribution in [2.24, 2.45) is 0 Å². The maximum Gasteiger partial charge on any atom is 0.261 e. The molecule has 0 unspecified atom stereocenters. The van der Waals surface area contributed by atoms with E-state index in [1.54, 1.807) is 6.26 Å². The van der Waals surface area contributed by atoms with Crippen LogP contribution < -0.4 is 5.32 Å². The normalized spacial score (nSPS) is 18.7. The van der Waals surface area contributed by atoms with E-state index in [0.717, 1.165) is 35.5 Å². The second kappa shape index (κ2) is 4.37. The fourth-order valence-electron chi connectivity index (χ4n) is 2.27. The molecule has 2 heterocycles. The molecule has 1 N–H and O–H groups in total. The third-order valence-corrected chi connectivity index (χ3v) is 3.97. The Balaban J connectivity index is 1.77. The van der Waals surface area contributed by atoms with Crippen molar-refractivity contribution < 1.29 is 9.21 Å². The van der Waals surface area contributed by atoms with E-state index in [1.165, 1.54) is 11.3 Å². The topological polar surface area (TPSA) is 42.2 Å². The van der Waals surface area contributed by atoms with Crippen LogP contribution in [0.4, 0.5) is 0 Å². The molecule has 2 aromatic rings. The van der Waals surface area contributed by atoms with Crippen molar-refractivity contribution >= 4 is 17.2 Å². The van der Waals surface area contributed by atoms with Gasteiger partial charge in [0.1, 0.15) is 5.76 Å². The first-order valence-electron chi connectivity index (χ1n) is 5.75. The zero-order valence-electron chi connectivity index (χ0n) is 9.31. The van der Waals surface area contributed by atoms with E-state index < -0.39 is 0 Å². The van der Waals surface area contributed by atoms with Gasteiger partial charge in [0.25, 0.3) is 5.91 Å². The summed E-state index contributed by atoms with van der Waals surface area (Å²) in [5, 5.41) is 4.99. The molecule has 0 aromatic carbocycles. The summed E-state index contributed by atoms with van der Waals surface area (Å²) in [7, 11) is 0. The van der Waals surface area contributed by atoms with Crippen molar-refractivity contribution in [3.8, 4) is 0 Å². The zero-order chi connectivity index (χ0) is 11.7. The molecule has 0 fully saturated rings. The van der Waals surface area contributed by atoms with Crippen molar-refractivity contribution in [2.75, 3.05) is 0 Å². The summed E-state index contributed by atoms with van der Waals surface area (Å²) in [5.74, 6) is 1.03. The third kappa shape index (κ3) is 2.00. The first-order valence-corrected chi connectivity index (χ1v) is 6.63. The summed E-state index contributed by atoms with van der Waals surface area (Å²) in [6.45, 7) is 0. The number of carbonyl (C=O) groups is 1. The molecule has 4 heteroatoms. The number of nitrogens with one attached hydrogen (secondary N) is 1. The molecule has 3 nitrogen and oxygen atoms in total. The van der Waals surface area contributed by atoms with E-state index in [4.69, 9.17) is 4.42 Å². The molecule has 1 amide bonds. The minimum absolute atomic E-state index is 0.0130. The lowest BCUT2D eigenvalue weighted by Gasteiger charge is -2.22. The van der Waals surface area contributed by atoms with Crippen LogP contribution in [0.15, 0.2) is 34.3 Å². The number of furan rings is 1. The van der Waals surface area contributed by atoms with Crippen LogP contribution in [0.5, 0.6) is 0 Å². The lowest BCUT2D eigenvalue weighted by atomic mass is 9.93. The first kappa shape index (κ1) is 10.6. The van der Waals surface area contributed by atoms with Gasteiger partial charge in [-0.1, -0.05) is 6.07 Å². The van der Waals surface area contributed by atoms with E-state index in [1.807, 2.05) is 23.6 Å². The average molecular weight is 247 g/mol. The van der Waals surface area contributed by atoms with E-state index in [2.05, 4.69) is 5.32 Å². The van der Waals surface area contributed by atoms with Gasteiger partial charge in [0.2, 0.25) is 0 Å². The number of amides is 1. The van der Waals surface area contributed by atoms with Crippen LogP contribution in [-0.2, 0) is 6.42 Å². The van der Waals surface area contributed by atoms with Gasteiger partial charge in [-0.05, 0) is 30.4 Å². The van der Waals surface area contributed by atoms with Gasteiger partial charge >= 0.3 is 0 Å². The van der Waals surface area contributed by atoms with E-state index in [-0.39, 0.29) is 11.9 Å².